The van der Waals surface area contributed by atoms with E-state index in [1.54, 1.807) is 25.1 Å². The summed E-state index contributed by atoms with van der Waals surface area (Å²) in [5, 5.41) is 11.8. The Morgan fingerprint density at radius 1 is 1.05 bits per heavy atom. The molecular formula is C30H30ClF2N5O2. The lowest BCUT2D eigenvalue weighted by Crippen LogP contribution is -2.41. The maximum absolute atomic E-state index is 13.9. The molecule has 2 aliphatic rings. The number of anilines is 1. The van der Waals surface area contributed by atoms with Gasteiger partial charge in [0.05, 0.1) is 6.20 Å². The molecule has 208 valence electrons. The van der Waals surface area contributed by atoms with Crippen LogP contribution in [0.15, 0.2) is 54.7 Å². The SMILES string of the molecule is CC(F)(F)c1cccc([C@@](C)(O)c2ccc(-c3nc([C@@H]4CC[C@H]5CCC(=O)N5C4)n4c(Cl)cnc(N)c34)cc2)c1. The first-order valence-electron chi connectivity index (χ1n) is 13.4. The van der Waals surface area contributed by atoms with Gasteiger partial charge in [-0.2, -0.15) is 0 Å². The number of rotatable bonds is 5. The Labute approximate surface area is 235 Å². The summed E-state index contributed by atoms with van der Waals surface area (Å²) in [6.07, 6.45) is 4.78. The Kier molecular flexibility index (Phi) is 6.34. The van der Waals surface area contributed by atoms with E-state index in [4.69, 9.17) is 22.3 Å². The van der Waals surface area contributed by atoms with E-state index in [9.17, 15) is 18.7 Å². The van der Waals surface area contributed by atoms with Crippen molar-refractivity contribution in [2.75, 3.05) is 12.3 Å². The number of amides is 1. The number of fused-ring (bicyclic) bond motifs is 2. The van der Waals surface area contributed by atoms with E-state index >= 15 is 0 Å². The van der Waals surface area contributed by atoms with Gasteiger partial charge in [-0.25, -0.2) is 18.7 Å². The molecule has 10 heteroatoms. The van der Waals surface area contributed by atoms with Crippen LogP contribution in [0.1, 0.15) is 68.0 Å². The van der Waals surface area contributed by atoms with Gasteiger partial charge in [0.2, 0.25) is 5.91 Å². The number of imidazole rings is 1. The molecule has 0 bridgehead atoms. The van der Waals surface area contributed by atoms with E-state index in [-0.39, 0.29) is 23.2 Å². The molecule has 2 aliphatic heterocycles. The number of halogens is 3. The quantitative estimate of drug-likeness (QED) is 0.315. The van der Waals surface area contributed by atoms with Crippen molar-refractivity contribution in [1.82, 2.24) is 19.3 Å². The molecule has 0 saturated carbocycles. The van der Waals surface area contributed by atoms with Gasteiger partial charge in [0.1, 0.15) is 33.6 Å². The van der Waals surface area contributed by atoms with Gasteiger partial charge >= 0.3 is 0 Å². The number of carbonyl (C=O) groups is 1. The molecule has 2 aromatic heterocycles. The number of alkyl halides is 2. The number of aromatic nitrogens is 3. The van der Waals surface area contributed by atoms with Crippen molar-refractivity contribution in [3.63, 3.8) is 0 Å². The molecule has 3 N–H and O–H groups in total. The predicted octanol–water partition coefficient (Wildman–Crippen LogP) is 5.87. The second kappa shape index (κ2) is 9.52. The first-order valence-corrected chi connectivity index (χ1v) is 13.8. The lowest BCUT2D eigenvalue weighted by molar-refractivity contribution is -0.130. The number of piperidine rings is 1. The van der Waals surface area contributed by atoms with Crippen molar-refractivity contribution >= 4 is 28.8 Å². The number of nitrogens with zero attached hydrogens (tertiary/aromatic N) is 4. The summed E-state index contributed by atoms with van der Waals surface area (Å²) in [5.74, 6) is -1.85. The van der Waals surface area contributed by atoms with E-state index in [0.717, 1.165) is 37.6 Å². The Balaban J connectivity index is 1.39. The standard InChI is InChI=1S/C30H30ClF2N5O2/c1-29(40,20-4-3-5-21(14-20)30(2,32)33)19-9-6-17(7-10-19)25-26-27(34)35-15-23(31)38(26)28(36-25)18-8-11-22-12-13-24(39)37(22)16-18/h3-7,9-10,14-15,18,22,40H,8,11-13,16H2,1-2H3,(H2,34,35)/t18-,22+,29+/m1/s1. The highest BCUT2D eigenvalue weighted by Gasteiger charge is 2.39. The van der Waals surface area contributed by atoms with Crippen molar-refractivity contribution in [2.45, 2.75) is 63.0 Å². The van der Waals surface area contributed by atoms with E-state index in [1.807, 2.05) is 21.4 Å². The van der Waals surface area contributed by atoms with Crippen molar-refractivity contribution in [1.29, 1.82) is 0 Å². The van der Waals surface area contributed by atoms with Gasteiger partial charge < -0.3 is 15.7 Å². The lowest BCUT2D eigenvalue weighted by atomic mass is 9.86. The van der Waals surface area contributed by atoms with Gasteiger partial charge in [-0.1, -0.05) is 54.1 Å². The molecule has 4 heterocycles. The molecule has 0 unspecified atom stereocenters. The third-order valence-corrected chi connectivity index (χ3v) is 8.67. The van der Waals surface area contributed by atoms with Crippen molar-refractivity contribution in [3.05, 3.63) is 82.4 Å². The third-order valence-electron chi connectivity index (χ3n) is 8.40. The Morgan fingerprint density at radius 3 is 2.50 bits per heavy atom. The van der Waals surface area contributed by atoms with Crippen LogP contribution in [0.3, 0.4) is 0 Å². The number of nitrogens with two attached hydrogens (primary N) is 1. The van der Waals surface area contributed by atoms with Crippen LogP contribution in [0.4, 0.5) is 14.6 Å². The van der Waals surface area contributed by atoms with E-state index in [2.05, 4.69) is 4.98 Å². The van der Waals surface area contributed by atoms with E-state index in [0.29, 0.717) is 46.5 Å². The lowest BCUT2D eigenvalue weighted by Gasteiger charge is -2.34. The maximum Gasteiger partial charge on any atom is 0.270 e. The summed E-state index contributed by atoms with van der Waals surface area (Å²) < 4.78 is 29.7. The van der Waals surface area contributed by atoms with Crippen LogP contribution in [0.5, 0.6) is 0 Å². The molecule has 0 radical (unpaired) electrons. The van der Waals surface area contributed by atoms with Crippen LogP contribution in [0, 0.1) is 0 Å². The molecule has 2 aromatic carbocycles. The zero-order chi connectivity index (χ0) is 28.4. The first kappa shape index (κ1) is 26.7. The topological polar surface area (TPSA) is 96.8 Å². The minimum atomic E-state index is -3.02. The number of hydrogen-bond acceptors (Lipinski definition) is 5. The number of benzene rings is 2. The van der Waals surface area contributed by atoms with Crippen molar-refractivity contribution < 1.29 is 18.7 Å². The van der Waals surface area contributed by atoms with Crippen LogP contribution in [-0.4, -0.2) is 42.9 Å². The molecule has 1 amide bonds. The van der Waals surface area contributed by atoms with E-state index < -0.39 is 11.5 Å². The zero-order valence-corrected chi connectivity index (χ0v) is 23.0. The van der Waals surface area contributed by atoms with Gasteiger partial charge in [0, 0.05) is 43.0 Å². The van der Waals surface area contributed by atoms with Crippen molar-refractivity contribution in [2.24, 2.45) is 0 Å². The largest absolute Gasteiger partial charge is 0.382 e. The highest BCUT2D eigenvalue weighted by molar-refractivity contribution is 6.30. The fraction of sp³-hybridized carbons (Fsp3) is 0.367. The maximum atomic E-state index is 13.9. The molecule has 4 aromatic rings. The minimum Gasteiger partial charge on any atom is -0.382 e. The summed E-state index contributed by atoms with van der Waals surface area (Å²) in [4.78, 5) is 23.7. The summed E-state index contributed by atoms with van der Waals surface area (Å²) in [6, 6.07) is 13.3. The average Bonchev–Trinajstić information content (AvgIpc) is 3.52. The molecule has 3 atom stereocenters. The Hall–Kier alpha value is -3.56. The van der Waals surface area contributed by atoms with E-state index in [1.165, 1.54) is 24.4 Å². The summed E-state index contributed by atoms with van der Waals surface area (Å²) in [7, 11) is 0. The van der Waals surface area contributed by atoms with Crippen LogP contribution in [0.2, 0.25) is 5.15 Å². The van der Waals surface area contributed by atoms with Gasteiger partial charge in [0.15, 0.2) is 0 Å². The summed E-state index contributed by atoms with van der Waals surface area (Å²) in [6.45, 7) is 3.00. The first-order chi connectivity index (χ1) is 18.9. The number of nitrogen functional groups attached to an aromatic ring is 1. The molecule has 2 saturated heterocycles. The number of hydrogen-bond donors (Lipinski definition) is 2. The van der Waals surface area contributed by atoms with Crippen molar-refractivity contribution in [3.8, 4) is 11.3 Å². The zero-order valence-electron chi connectivity index (χ0n) is 22.2. The predicted molar refractivity (Wildman–Crippen MR) is 149 cm³/mol. The highest BCUT2D eigenvalue weighted by atomic mass is 35.5. The second-order valence-electron chi connectivity index (χ2n) is 11.1. The number of aliphatic hydroxyl groups is 1. The van der Waals surface area contributed by atoms with Crippen LogP contribution in [0.25, 0.3) is 16.8 Å². The molecule has 7 nitrogen and oxygen atoms in total. The van der Waals surface area contributed by atoms with Crippen LogP contribution < -0.4 is 5.73 Å². The smallest absolute Gasteiger partial charge is 0.270 e. The number of carbonyl (C=O) groups excluding carboxylic acids is 1. The van der Waals surface area contributed by atoms with Gasteiger partial charge in [-0.15, -0.1) is 0 Å². The molecule has 6 rings (SSSR count). The van der Waals surface area contributed by atoms with Gasteiger partial charge in [0.25, 0.3) is 5.92 Å². The fourth-order valence-corrected chi connectivity index (χ4v) is 6.32. The van der Waals surface area contributed by atoms with Crippen LogP contribution in [-0.2, 0) is 16.3 Å². The Bertz CT molecular complexity index is 1610. The van der Waals surface area contributed by atoms with Crippen LogP contribution >= 0.6 is 11.6 Å². The summed E-state index contributed by atoms with van der Waals surface area (Å²) in [5.41, 5.74) is 7.47. The van der Waals surface area contributed by atoms with Gasteiger partial charge in [-0.05, 0) is 43.4 Å². The molecule has 0 spiro atoms. The third kappa shape index (κ3) is 4.41. The monoisotopic (exact) mass is 565 g/mol. The van der Waals surface area contributed by atoms with Gasteiger partial charge in [-0.3, -0.25) is 9.20 Å². The highest BCUT2D eigenvalue weighted by Crippen LogP contribution is 2.40. The normalized spacial score (nSPS) is 21.1. The minimum absolute atomic E-state index is 0.0113. The average molecular weight is 566 g/mol. The molecule has 2 fully saturated rings. The Morgan fingerprint density at radius 2 is 1.77 bits per heavy atom. The summed E-state index contributed by atoms with van der Waals surface area (Å²) >= 11 is 6.63. The second-order valence-corrected chi connectivity index (χ2v) is 11.5. The molecular weight excluding hydrogens is 536 g/mol. The fourth-order valence-electron chi connectivity index (χ4n) is 6.10. The molecule has 40 heavy (non-hydrogen) atoms. The molecule has 0 aliphatic carbocycles.